The number of hydrogen-bond donors (Lipinski definition) is 0. The van der Waals surface area contributed by atoms with Gasteiger partial charge in [0.05, 0.1) is 0 Å². The molecule has 0 N–H and O–H groups in total. The molecule has 0 amide bonds. The highest BCUT2D eigenvalue weighted by atomic mass is 16.6. The third-order valence-corrected chi connectivity index (χ3v) is 13.0. The minimum absolute atomic E-state index is 0.0635. The number of carbonyl (C=O) groups excluding carboxylic acids is 3. The van der Waals surface area contributed by atoms with Crippen LogP contribution in [0.4, 0.5) is 0 Å². The third-order valence-electron chi connectivity index (χ3n) is 13.0. The second-order valence-electron chi connectivity index (χ2n) is 20.5. The molecule has 6 heteroatoms. The fourth-order valence-corrected chi connectivity index (χ4v) is 8.70. The van der Waals surface area contributed by atoms with Crippen molar-refractivity contribution in [3.05, 3.63) is 0 Å². The van der Waals surface area contributed by atoms with Gasteiger partial charge in [-0.05, 0) is 31.1 Å². The zero-order valence-electron chi connectivity index (χ0n) is 43.2. The summed E-state index contributed by atoms with van der Waals surface area (Å²) in [6, 6.07) is 0. The van der Waals surface area contributed by atoms with Gasteiger partial charge in [-0.3, -0.25) is 14.4 Å². The highest BCUT2D eigenvalue weighted by Gasteiger charge is 2.19. The van der Waals surface area contributed by atoms with Crippen LogP contribution in [-0.4, -0.2) is 37.2 Å². The Bertz CT molecular complexity index is 962. The largest absolute Gasteiger partial charge is 0.462 e. The van der Waals surface area contributed by atoms with E-state index >= 15 is 0 Å². The first-order valence-electron chi connectivity index (χ1n) is 28.2. The molecule has 0 heterocycles. The Morgan fingerprint density at radius 2 is 0.524 bits per heavy atom. The molecule has 63 heavy (non-hydrogen) atoms. The Hall–Kier alpha value is -1.59. The van der Waals surface area contributed by atoms with Crippen LogP contribution >= 0.6 is 0 Å². The van der Waals surface area contributed by atoms with E-state index in [9.17, 15) is 14.4 Å². The third kappa shape index (κ3) is 51.3. The SMILES string of the molecule is CCCCCCCCCC(=O)O[C@H](COC(=O)CCCCCCCCCCCCCCCCCCCCC(C)C)COC(=O)CCCCCCCCCCCCCCCCC(C)C. The van der Waals surface area contributed by atoms with Gasteiger partial charge >= 0.3 is 17.9 Å². The standard InChI is InChI=1S/C57H110O6/c1-6-7-8-9-30-39-44-49-57(60)63-54(51-62-56(59)48-43-38-34-29-25-21-17-16-19-23-27-32-36-41-46-53(4)5)50-61-55(58)47-42-37-33-28-24-20-15-13-11-10-12-14-18-22-26-31-35-40-45-52(2)3/h52-54H,6-51H2,1-5H3/t54-/m1/s1. The van der Waals surface area contributed by atoms with E-state index < -0.39 is 6.10 Å². The van der Waals surface area contributed by atoms with E-state index in [1.807, 2.05) is 0 Å². The van der Waals surface area contributed by atoms with E-state index in [1.165, 1.54) is 205 Å². The van der Waals surface area contributed by atoms with Crippen LogP contribution in [0.5, 0.6) is 0 Å². The van der Waals surface area contributed by atoms with Gasteiger partial charge in [0.2, 0.25) is 0 Å². The molecule has 0 radical (unpaired) electrons. The molecule has 0 aromatic heterocycles. The molecule has 0 saturated carbocycles. The van der Waals surface area contributed by atoms with Gasteiger partial charge in [0, 0.05) is 19.3 Å². The first-order valence-corrected chi connectivity index (χ1v) is 28.2. The molecule has 0 aliphatic carbocycles. The molecule has 0 aliphatic rings. The van der Waals surface area contributed by atoms with Crippen LogP contribution < -0.4 is 0 Å². The Balaban J connectivity index is 4.09. The Morgan fingerprint density at radius 1 is 0.302 bits per heavy atom. The van der Waals surface area contributed by atoms with E-state index in [0.29, 0.717) is 19.3 Å². The number of esters is 3. The maximum absolute atomic E-state index is 12.7. The van der Waals surface area contributed by atoms with Gasteiger partial charge in [0.25, 0.3) is 0 Å². The van der Waals surface area contributed by atoms with Crippen LogP contribution in [0.1, 0.15) is 317 Å². The van der Waals surface area contributed by atoms with Crippen molar-refractivity contribution in [2.45, 2.75) is 323 Å². The lowest BCUT2D eigenvalue weighted by Crippen LogP contribution is -2.30. The fraction of sp³-hybridized carbons (Fsp3) is 0.947. The van der Waals surface area contributed by atoms with Crippen LogP contribution in [0.2, 0.25) is 0 Å². The number of hydrogen-bond acceptors (Lipinski definition) is 6. The molecule has 0 spiro atoms. The Morgan fingerprint density at radius 3 is 0.778 bits per heavy atom. The van der Waals surface area contributed by atoms with E-state index in [2.05, 4.69) is 34.6 Å². The van der Waals surface area contributed by atoms with Crippen molar-refractivity contribution < 1.29 is 28.6 Å². The predicted octanol–water partition coefficient (Wildman–Crippen LogP) is 18.5. The van der Waals surface area contributed by atoms with Crippen molar-refractivity contribution in [3.63, 3.8) is 0 Å². The molecular weight excluding hydrogens is 781 g/mol. The summed E-state index contributed by atoms with van der Waals surface area (Å²) in [6.45, 7) is 11.4. The van der Waals surface area contributed by atoms with Gasteiger partial charge < -0.3 is 14.2 Å². The van der Waals surface area contributed by atoms with Gasteiger partial charge in [-0.1, -0.05) is 279 Å². The van der Waals surface area contributed by atoms with Crippen LogP contribution in [0.3, 0.4) is 0 Å². The molecule has 0 aromatic carbocycles. The minimum atomic E-state index is -0.760. The Labute approximate surface area is 393 Å². The van der Waals surface area contributed by atoms with E-state index in [-0.39, 0.29) is 31.1 Å². The summed E-state index contributed by atoms with van der Waals surface area (Å²) < 4.78 is 16.8. The summed E-state index contributed by atoms with van der Waals surface area (Å²) in [4.78, 5) is 37.9. The molecule has 0 saturated heterocycles. The molecule has 374 valence electrons. The highest BCUT2D eigenvalue weighted by Crippen LogP contribution is 2.18. The number of unbranched alkanes of at least 4 members (excludes halogenated alkanes) is 36. The second-order valence-corrected chi connectivity index (χ2v) is 20.5. The van der Waals surface area contributed by atoms with Gasteiger partial charge in [-0.25, -0.2) is 0 Å². The topological polar surface area (TPSA) is 78.9 Å². The van der Waals surface area contributed by atoms with Crippen LogP contribution in [0.25, 0.3) is 0 Å². The van der Waals surface area contributed by atoms with Crippen LogP contribution in [-0.2, 0) is 28.6 Å². The van der Waals surface area contributed by atoms with Gasteiger partial charge in [-0.15, -0.1) is 0 Å². The first kappa shape index (κ1) is 61.4. The number of rotatable bonds is 51. The summed E-state index contributed by atoms with van der Waals surface area (Å²) in [5.41, 5.74) is 0. The van der Waals surface area contributed by atoms with Crippen molar-refractivity contribution in [3.8, 4) is 0 Å². The van der Waals surface area contributed by atoms with Crippen molar-refractivity contribution in [2.24, 2.45) is 11.8 Å². The first-order chi connectivity index (χ1) is 30.7. The van der Waals surface area contributed by atoms with Gasteiger partial charge in [0.1, 0.15) is 13.2 Å². The lowest BCUT2D eigenvalue weighted by atomic mass is 10.0. The molecule has 1 atom stereocenters. The van der Waals surface area contributed by atoms with Crippen molar-refractivity contribution in [2.75, 3.05) is 13.2 Å². The molecule has 0 aliphatic heterocycles. The van der Waals surface area contributed by atoms with Crippen molar-refractivity contribution in [1.29, 1.82) is 0 Å². The summed E-state index contributed by atoms with van der Waals surface area (Å²) in [6.07, 6.45) is 52.6. The summed E-state index contributed by atoms with van der Waals surface area (Å²) in [5, 5.41) is 0. The zero-order valence-corrected chi connectivity index (χ0v) is 43.2. The van der Waals surface area contributed by atoms with Gasteiger partial charge in [0.15, 0.2) is 6.10 Å². The lowest BCUT2D eigenvalue weighted by molar-refractivity contribution is -0.167. The fourth-order valence-electron chi connectivity index (χ4n) is 8.70. The van der Waals surface area contributed by atoms with Crippen molar-refractivity contribution >= 4 is 17.9 Å². The number of carbonyl (C=O) groups is 3. The monoisotopic (exact) mass is 891 g/mol. The second kappa shape index (κ2) is 49.8. The highest BCUT2D eigenvalue weighted by molar-refractivity contribution is 5.71. The summed E-state index contributed by atoms with van der Waals surface area (Å²) >= 11 is 0. The van der Waals surface area contributed by atoms with Crippen LogP contribution in [0.15, 0.2) is 0 Å². The summed E-state index contributed by atoms with van der Waals surface area (Å²) in [7, 11) is 0. The molecule has 0 aromatic rings. The zero-order chi connectivity index (χ0) is 46.1. The van der Waals surface area contributed by atoms with Gasteiger partial charge in [-0.2, -0.15) is 0 Å². The van der Waals surface area contributed by atoms with E-state index in [1.54, 1.807) is 0 Å². The summed E-state index contributed by atoms with van der Waals surface area (Å²) in [5.74, 6) is 0.855. The van der Waals surface area contributed by atoms with E-state index in [4.69, 9.17) is 14.2 Å². The average Bonchev–Trinajstić information content (AvgIpc) is 3.25. The van der Waals surface area contributed by atoms with E-state index in [0.717, 1.165) is 69.6 Å². The quantitative estimate of drug-likeness (QED) is 0.0344. The normalized spacial score (nSPS) is 12.0. The molecular formula is C57H110O6. The maximum atomic E-state index is 12.7. The Kier molecular flexibility index (Phi) is 48.6. The smallest absolute Gasteiger partial charge is 0.306 e. The molecule has 0 fully saturated rings. The number of ether oxygens (including phenoxy) is 3. The molecule has 0 rings (SSSR count). The predicted molar refractivity (Wildman–Crippen MR) is 270 cm³/mol. The minimum Gasteiger partial charge on any atom is -0.462 e. The lowest BCUT2D eigenvalue weighted by Gasteiger charge is -2.18. The maximum Gasteiger partial charge on any atom is 0.306 e. The molecule has 6 nitrogen and oxygen atoms in total. The van der Waals surface area contributed by atoms with Crippen LogP contribution in [0, 0.1) is 11.8 Å². The molecule has 0 unspecified atom stereocenters. The average molecular weight is 892 g/mol. The molecule has 0 bridgehead atoms. The van der Waals surface area contributed by atoms with Crippen molar-refractivity contribution in [1.82, 2.24) is 0 Å².